The Labute approximate surface area is 121 Å². The first kappa shape index (κ1) is 15.0. The van der Waals surface area contributed by atoms with E-state index in [0.717, 1.165) is 0 Å². The van der Waals surface area contributed by atoms with Gasteiger partial charge in [-0.25, -0.2) is 4.39 Å². The standard InChI is InChI=1S/C14H15ClFNO3/c15-12-7-10(1-3-13(12)16)2-4-14(19)17-5-6-20-9-11(17)8-18/h1-4,7,11,18H,5-6,8-9H2/b4-2+. The second-order valence-corrected chi connectivity index (χ2v) is 4.86. The number of ether oxygens (including phenoxy) is 1. The van der Waals surface area contributed by atoms with E-state index in [-0.39, 0.29) is 23.6 Å². The number of hydrogen-bond donors (Lipinski definition) is 1. The molecule has 0 spiro atoms. The molecule has 1 aromatic rings. The molecule has 1 aliphatic rings. The summed E-state index contributed by atoms with van der Waals surface area (Å²) in [7, 11) is 0. The first-order valence-electron chi connectivity index (χ1n) is 6.24. The highest BCUT2D eigenvalue weighted by Gasteiger charge is 2.25. The smallest absolute Gasteiger partial charge is 0.247 e. The van der Waals surface area contributed by atoms with E-state index in [1.807, 2.05) is 0 Å². The third-order valence-corrected chi connectivity index (χ3v) is 3.37. The minimum Gasteiger partial charge on any atom is -0.394 e. The monoisotopic (exact) mass is 299 g/mol. The zero-order valence-corrected chi connectivity index (χ0v) is 11.5. The molecule has 1 fully saturated rings. The van der Waals surface area contributed by atoms with Crippen molar-refractivity contribution in [2.24, 2.45) is 0 Å². The first-order chi connectivity index (χ1) is 9.61. The molecule has 1 atom stereocenters. The zero-order valence-electron chi connectivity index (χ0n) is 10.8. The Hall–Kier alpha value is -1.43. The Morgan fingerprint density at radius 3 is 3.10 bits per heavy atom. The van der Waals surface area contributed by atoms with Crippen LogP contribution < -0.4 is 0 Å². The number of aliphatic hydroxyl groups excluding tert-OH is 1. The molecular formula is C14H15ClFNO3. The van der Waals surface area contributed by atoms with E-state index in [0.29, 0.717) is 25.3 Å². The van der Waals surface area contributed by atoms with Crippen molar-refractivity contribution < 1.29 is 19.0 Å². The van der Waals surface area contributed by atoms with Crippen LogP contribution in [-0.2, 0) is 9.53 Å². The summed E-state index contributed by atoms with van der Waals surface area (Å²) >= 11 is 5.67. The van der Waals surface area contributed by atoms with Crippen molar-refractivity contribution in [3.63, 3.8) is 0 Å². The van der Waals surface area contributed by atoms with Crippen molar-refractivity contribution in [3.05, 3.63) is 40.7 Å². The number of hydrogen-bond acceptors (Lipinski definition) is 3. The molecule has 6 heteroatoms. The van der Waals surface area contributed by atoms with Crippen molar-refractivity contribution in [2.45, 2.75) is 6.04 Å². The van der Waals surface area contributed by atoms with E-state index in [1.54, 1.807) is 11.0 Å². The van der Waals surface area contributed by atoms with Gasteiger partial charge in [-0.15, -0.1) is 0 Å². The Morgan fingerprint density at radius 2 is 2.40 bits per heavy atom. The number of carbonyl (C=O) groups is 1. The molecule has 0 bridgehead atoms. The van der Waals surface area contributed by atoms with Crippen LogP contribution in [0.2, 0.25) is 5.02 Å². The van der Waals surface area contributed by atoms with E-state index < -0.39 is 5.82 Å². The molecular weight excluding hydrogens is 285 g/mol. The van der Waals surface area contributed by atoms with Crippen LogP contribution in [0.25, 0.3) is 6.08 Å². The number of morpholine rings is 1. The Bertz CT molecular complexity index is 521. The maximum Gasteiger partial charge on any atom is 0.247 e. The van der Waals surface area contributed by atoms with Gasteiger partial charge in [-0.3, -0.25) is 4.79 Å². The average molecular weight is 300 g/mol. The highest BCUT2D eigenvalue weighted by molar-refractivity contribution is 6.30. The van der Waals surface area contributed by atoms with Crippen LogP contribution in [0.3, 0.4) is 0 Å². The number of rotatable bonds is 3. The molecule has 1 aromatic carbocycles. The molecule has 20 heavy (non-hydrogen) atoms. The summed E-state index contributed by atoms with van der Waals surface area (Å²) in [5.41, 5.74) is 0.638. The van der Waals surface area contributed by atoms with E-state index in [4.69, 9.17) is 16.3 Å². The molecule has 0 aromatic heterocycles. The summed E-state index contributed by atoms with van der Waals surface area (Å²) in [5.74, 6) is -0.712. The van der Waals surface area contributed by atoms with Crippen LogP contribution in [0.4, 0.5) is 4.39 Å². The molecule has 2 rings (SSSR count). The molecule has 1 aliphatic heterocycles. The molecule has 1 saturated heterocycles. The predicted octanol–water partition coefficient (Wildman–Crippen LogP) is 1.71. The number of nitrogens with zero attached hydrogens (tertiary/aromatic N) is 1. The van der Waals surface area contributed by atoms with Crippen molar-refractivity contribution in [1.82, 2.24) is 4.90 Å². The summed E-state index contributed by atoms with van der Waals surface area (Å²) in [5, 5.41) is 9.22. The summed E-state index contributed by atoms with van der Waals surface area (Å²) in [4.78, 5) is 13.6. The largest absolute Gasteiger partial charge is 0.394 e. The van der Waals surface area contributed by atoms with Gasteiger partial charge in [0.2, 0.25) is 5.91 Å². The minimum absolute atomic E-state index is 0.0132. The lowest BCUT2D eigenvalue weighted by Gasteiger charge is -2.33. The zero-order chi connectivity index (χ0) is 14.5. The van der Waals surface area contributed by atoms with Gasteiger partial charge in [-0.2, -0.15) is 0 Å². The normalized spacial score (nSPS) is 19.6. The van der Waals surface area contributed by atoms with Gasteiger partial charge in [0, 0.05) is 12.6 Å². The quantitative estimate of drug-likeness (QED) is 0.865. The number of carbonyl (C=O) groups excluding carboxylic acids is 1. The maximum atomic E-state index is 13.0. The van der Waals surface area contributed by atoms with Gasteiger partial charge in [0.15, 0.2) is 0 Å². The summed E-state index contributed by atoms with van der Waals surface area (Å²) in [6.07, 6.45) is 2.95. The van der Waals surface area contributed by atoms with Gasteiger partial charge in [-0.1, -0.05) is 17.7 Å². The van der Waals surface area contributed by atoms with Crippen molar-refractivity contribution in [2.75, 3.05) is 26.4 Å². The van der Waals surface area contributed by atoms with Gasteiger partial charge >= 0.3 is 0 Å². The van der Waals surface area contributed by atoms with Crippen LogP contribution in [0.1, 0.15) is 5.56 Å². The van der Waals surface area contributed by atoms with E-state index >= 15 is 0 Å². The molecule has 1 unspecified atom stereocenters. The number of aliphatic hydroxyl groups is 1. The molecule has 0 radical (unpaired) electrons. The molecule has 0 saturated carbocycles. The predicted molar refractivity (Wildman–Crippen MR) is 73.8 cm³/mol. The Kier molecular flexibility index (Phi) is 5.11. The van der Waals surface area contributed by atoms with Gasteiger partial charge < -0.3 is 14.7 Å². The SMILES string of the molecule is O=C(/C=C/c1ccc(F)c(Cl)c1)N1CCOCC1CO. The first-order valence-corrected chi connectivity index (χ1v) is 6.62. The van der Waals surface area contributed by atoms with E-state index in [2.05, 4.69) is 0 Å². The average Bonchev–Trinajstić information content (AvgIpc) is 2.48. The molecule has 0 aliphatic carbocycles. The topological polar surface area (TPSA) is 49.8 Å². The van der Waals surface area contributed by atoms with Crippen LogP contribution in [-0.4, -0.2) is 48.3 Å². The lowest BCUT2D eigenvalue weighted by molar-refractivity contribution is -0.136. The molecule has 1 N–H and O–H groups in total. The summed E-state index contributed by atoms with van der Waals surface area (Å²) in [6.45, 7) is 1.09. The van der Waals surface area contributed by atoms with Gasteiger partial charge in [0.05, 0.1) is 30.9 Å². The van der Waals surface area contributed by atoms with E-state index in [9.17, 15) is 14.3 Å². The fourth-order valence-electron chi connectivity index (χ4n) is 1.98. The Morgan fingerprint density at radius 1 is 1.60 bits per heavy atom. The van der Waals surface area contributed by atoms with Crippen molar-refractivity contribution >= 4 is 23.6 Å². The molecule has 108 valence electrons. The molecule has 1 heterocycles. The van der Waals surface area contributed by atoms with Crippen LogP contribution in [0, 0.1) is 5.82 Å². The van der Waals surface area contributed by atoms with Gasteiger partial charge in [0.25, 0.3) is 0 Å². The number of amides is 1. The second-order valence-electron chi connectivity index (χ2n) is 4.45. The number of halogens is 2. The third-order valence-electron chi connectivity index (χ3n) is 3.08. The lowest BCUT2D eigenvalue weighted by atomic mass is 10.2. The van der Waals surface area contributed by atoms with Crippen molar-refractivity contribution in [3.8, 4) is 0 Å². The van der Waals surface area contributed by atoms with Gasteiger partial charge in [-0.05, 0) is 23.8 Å². The second kappa shape index (κ2) is 6.83. The fraction of sp³-hybridized carbons (Fsp3) is 0.357. The highest BCUT2D eigenvalue weighted by Crippen LogP contribution is 2.17. The third kappa shape index (κ3) is 3.56. The summed E-state index contributed by atoms with van der Waals surface area (Å²) < 4.78 is 18.2. The fourth-order valence-corrected chi connectivity index (χ4v) is 2.16. The van der Waals surface area contributed by atoms with Crippen LogP contribution in [0.5, 0.6) is 0 Å². The summed E-state index contributed by atoms with van der Waals surface area (Å²) in [6, 6.07) is 3.91. The number of benzene rings is 1. The molecule has 1 amide bonds. The van der Waals surface area contributed by atoms with Crippen LogP contribution >= 0.6 is 11.6 Å². The highest BCUT2D eigenvalue weighted by atomic mass is 35.5. The Balaban J connectivity index is 2.05. The van der Waals surface area contributed by atoms with E-state index in [1.165, 1.54) is 24.3 Å². The molecule has 4 nitrogen and oxygen atoms in total. The lowest BCUT2D eigenvalue weighted by Crippen LogP contribution is -2.49. The minimum atomic E-state index is -0.497. The maximum absolute atomic E-state index is 13.0. The van der Waals surface area contributed by atoms with Crippen molar-refractivity contribution in [1.29, 1.82) is 0 Å². The van der Waals surface area contributed by atoms with Gasteiger partial charge in [0.1, 0.15) is 5.82 Å². The van der Waals surface area contributed by atoms with Crippen LogP contribution in [0.15, 0.2) is 24.3 Å².